The quantitative estimate of drug-likeness (QED) is 0.548. The Morgan fingerprint density at radius 1 is 1.40 bits per heavy atom. The van der Waals surface area contributed by atoms with Crippen LogP contribution in [0.25, 0.3) is 0 Å². The van der Waals surface area contributed by atoms with Gasteiger partial charge >= 0.3 is 6.09 Å². The van der Waals surface area contributed by atoms with E-state index in [1.54, 1.807) is 0 Å². The summed E-state index contributed by atoms with van der Waals surface area (Å²) < 4.78 is 45.1. The zero-order chi connectivity index (χ0) is 21.9. The minimum Gasteiger partial charge on any atom is -0.442 e. The van der Waals surface area contributed by atoms with Gasteiger partial charge in [0, 0.05) is 5.56 Å². The first-order chi connectivity index (χ1) is 14.3. The number of piperidine rings is 1. The van der Waals surface area contributed by atoms with Crippen LogP contribution in [0.5, 0.6) is 0 Å². The standard InChI is InChI=1S/C19H22F3N3O4S/c20-14-7-11(25-9-12(29-18(25)28)8-24-17(30)16(21)22)1-2-13(14)19(15(27)10-26)3-5-23-6-4-19/h1-2,7,12,16,23,26H,3-6,8-10H2,(H,24,30)/t12-/m0/s1. The van der Waals surface area contributed by atoms with Crippen molar-refractivity contribution in [2.45, 2.75) is 30.8 Å². The first-order valence-electron chi connectivity index (χ1n) is 9.47. The Labute approximate surface area is 176 Å². The Hall–Kier alpha value is -2.24. The molecule has 0 saturated carbocycles. The maximum absolute atomic E-state index is 15.1. The molecule has 0 aromatic heterocycles. The molecule has 30 heavy (non-hydrogen) atoms. The molecular formula is C19H22F3N3O4S. The Morgan fingerprint density at radius 2 is 2.10 bits per heavy atom. The lowest BCUT2D eigenvalue weighted by molar-refractivity contribution is -0.128. The number of rotatable bonds is 7. The van der Waals surface area contributed by atoms with E-state index in [0.717, 1.165) is 6.07 Å². The van der Waals surface area contributed by atoms with Crippen molar-refractivity contribution in [1.82, 2.24) is 10.6 Å². The molecule has 7 nitrogen and oxygen atoms in total. The van der Waals surface area contributed by atoms with Gasteiger partial charge in [0.25, 0.3) is 6.43 Å². The van der Waals surface area contributed by atoms with E-state index in [1.807, 2.05) is 0 Å². The van der Waals surface area contributed by atoms with E-state index < -0.39 is 47.2 Å². The topological polar surface area (TPSA) is 90.9 Å². The lowest BCUT2D eigenvalue weighted by Crippen LogP contribution is -2.47. The minimum absolute atomic E-state index is 0.0289. The summed E-state index contributed by atoms with van der Waals surface area (Å²) in [6.45, 7) is 0.282. The molecule has 0 bridgehead atoms. The van der Waals surface area contributed by atoms with Crippen molar-refractivity contribution in [2.24, 2.45) is 0 Å². The Morgan fingerprint density at radius 3 is 2.70 bits per heavy atom. The highest BCUT2D eigenvalue weighted by Crippen LogP contribution is 2.37. The number of carbonyl (C=O) groups excluding carboxylic acids is 2. The van der Waals surface area contributed by atoms with Gasteiger partial charge in [-0.2, -0.15) is 0 Å². The number of thiocarbonyl (C=S) groups is 1. The molecular weight excluding hydrogens is 423 g/mol. The molecule has 2 heterocycles. The number of benzene rings is 1. The third kappa shape index (κ3) is 4.42. The van der Waals surface area contributed by atoms with E-state index in [0.29, 0.717) is 25.9 Å². The number of carbonyl (C=O) groups is 2. The Bertz CT molecular complexity index is 833. The van der Waals surface area contributed by atoms with Crippen LogP contribution in [0.2, 0.25) is 0 Å². The molecule has 0 spiro atoms. The zero-order valence-electron chi connectivity index (χ0n) is 16.0. The van der Waals surface area contributed by atoms with E-state index in [-0.39, 0.29) is 24.3 Å². The monoisotopic (exact) mass is 445 g/mol. The average Bonchev–Trinajstić information content (AvgIpc) is 3.12. The van der Waals surface area contributed by atoms with Crippen LogP contribution in [0, 0.1) is 5.82 Å². The van der Waals surface area contributed by atoms with Crippen LogP contribution in [0.1, 0.15) is 18.4 Å². The summed E-state index contributed by atoms with van der Waals surface area (Å²) in [5, 5.41) is 14.8. The van der Waals surface area contributed by atoms with Gasteiger partial charge in [-0.1, -0.05) is 18.3 Å². The molecule has 0 aliphatic carbocycles. The zero-order valence-corrected chi connectivity index (χ0v) is 16.8. The summed E-state index contributed by atoms with van der Waals surface area (Å²) in [5.74, 6) is -1.11. The average molecular weight is 445 g/mol. The van der Waals surface area contributed by atoms with Crippen molar-refractivity contribution < 1.29 is 32.6 Å². The minimum atomic E-state index is -2.81. The molecule has 2 saturated heterocycles. The van der Waals surface area contributed by atoms with Crippen LogP contribution in [0.4, 0.5) is 23.7 Å². The number of hydrogen-bond donors (Lipinski definition) is 3. The molecule has 1 amide bonds. The molecule has 1 aromatic carbocycles. The summed E-state index contributed by atoms with van der Waals surface area (Å²) in [6, 6.07) is 4.10. The molecule has 3 N–H and O–H groups in total. The van der Waals surface area contributed by atoms with Crippen LogP contribution >= 0.6 is 12.2 Å². The second kappa shape index (κ2) is 9.27. The summed E-state index contributed by atoms with van der Waals surface area (Å²) in [4.78, 5) is 25.2. The van der Waals surface area contributed by atoms with Crippen molar-refractivity contribution in [2.75, 3.05) is 37.7 Å². The van der Waals surface area contributed by atoms with Gasteiger partial charge < -0.3 is 20.5 Å². The molecule has 0 unspecified atom stereocenters. The summed E-state index contributed by atoms with van der Waals surface area (Å²) in [6.07, 6.45) is -3.57. The van der Waals surface area contributed by atoms with Crippen molar-refractivity contribution in [3.63, 3.8) is 0 Å². The van der Waals surface area contributed by atoms with Gasteiger partial charge in [0.15, 0.2) is 5.78 Å². The van der Waals surface area contributed by atoms with E-state index in [4.69, 9.17) is 4.74 Å². The van der Waals surface area contributed by atoms with E-state index in [1.165, 1.54) is 17.0 Å². The fourth-order valence-electron chi connectivity index (χ4n) is 3.89. The smallest absolute Gasteiger partial charge is 0.414 e. The number of aliphatic hydroxyl groups excluding tert-OH is 1. The number of alkyl halides is 2. The van der Waals surface area contributed by atoms with Gasteiger partial charge in [-0.25, -0.2) is 18.0 Å². The fourth-order valence-corrected chi connectivity index (χ4v) is 3.98. The van der Waals surface area contributed by atoms with Crippen LogP contribution < -0.4 is 15.5 Å². The number of ether oxygens (including phenoxy) is 1. The number of Topliss-reactive ketones (excluding diaryl/α,β-unsaturated/α-hetero) is 1. The highest BCUT2D eigenvalue weighted by Gasteiger charge is 2.42. The summed E-state index contributed by atoms with van der Waals surface area (Å²) >= 11 is 4.49. The van der Waals surface area contributed by atoms with Crippen molar-refractivity contribution in [3.8, 4) is 0 Å². The highest BCUT2D eigenvalue weighted by molar-refractivity contribution is 7.80. The molecule has 2 aliphatic rings. The molecule has 1 aromatic rings. The predicted octanol–water partition coefficient (Wildman–Crippen LogP) is 1.52. The van der Waals surface area contributed by atoms with Crippen LogP contribution in [0.15, 0.2) is 18.2 Å². The SMILES string of the molecule is O=C1O[C@@H](CNC(=S)C(F)F)CN1c1ccc(C2(C(=O)CO)CCNCC2)c(F)c1. The van der Waals surface area contributed by atoms with E-state index in [2.05, 4.69) is 22.9 Å². The normalized spacial score (nSPS) is 20.9. The third-order valence-electron chi connectivity index (χ3n) is 5.49. The fraction of sp³-hybridized carbons (Fsp3) is 0.526. The summed E-state index contributed by atoms with van der Waals surface area (Å²) in [7, 11) is 0. The number of ketones is 1. The maximum Gasteiger partial charge on any atom is 0.414 e. The van der Waals surface area contributed by atoms with Gasteiger partial charge in [0.05, 0.1) is 24.2 Å². The van der Waals surface area contributed by atoms with Gasteiger partial charge in [0.1, 0.15) is 23.5 Å². The lowest BCUT2D eigenvalue weighted by atomic mass is 9.70. The largest absolute Gasteiger partial charge is 0.442 e. The lowest BCUT2D eigenvalue weighted by Gasteiger charge is -2.36. The first-order valence-corrected chi connectivity index (χ1v) is 9.88. The van der Waals surface area contributed by atoms with Gasteiger partial charge in [0.2, 0.25) is 0 Å². The number of nitrogens with zero attached hydrogens (tertiary/aromatic N) is 1. The predicted molar refractivity (Wildman–Crippen MR) is 106 cm³/mol. The van der Waals surface area contributed by atoms with Crippen LogP contribution in [-0.2, 0) is 14.9 Å². The van der Waals surface area contributed by atoms with Crippen LogP contribution in [-0.4, -0.2) is 67.3 Å². The molecule has 2 aliphatic heterocycles. The first kappa shape index (κ1) is 22.4. The van der Waals surface area contributed by atoms with Crippen molar-refractivity contribution >= 4 is 34.8 Å². The van der Waals surface area contributed by atoms with Gasteiger partial charge in [-0.3, -0.25) is 9.69 Å². The number of hydrogen-bond acceptors (Lipinski definition) is 6. The molecule has 3 rings (SSSR count). The Kier molecular flexibility index (Phi) is 6.94. The summed E-state index contributed by atoms with van der Waals surface area (Å²) in [5.41, 5.74) is -0.716. The maximum atomic E-state index is 15.1. The number of cyclic esters (lactones) is 1. The Balaban J connectivity index is 1.77. The number of amides is 1. The third-order valence-corrected chi connectivity index (χ3v) is 5.81. The molecule has 0 radical (unpaired) electrons. The van der Waals surface area contributed by atoms with Gasteiger partial charge in [-0.05, 0) is 38.1 Å². The number of halogens is 3. The molecule has 11 heteroatoms. The second-order valence-electron chi connectivity index (χ2n) is 7.24. The molecule has 164 valence electrons. The molecule has 1 atom stereocenters. The second-order valence-corrected chi connectivity index (χ2v) is 7.68. The van der Waals surface area contributed by atoms with Crippen molar-refractivity contribution in [1.29, 1.82) is 0 Å². The molecule has 2 fully saturated rings. The number of aliphatic hydroxyl groups is 1. The highest BCUT2D eigenvalue weighted by atomic mass is 32.1. The van der Waals surface area contributed by atoms with Crippen LogP contribution in [0.3, 0.4) is 0 Å². The number of nitrogens with one attached hydrogen (secondary N) is 2. The number of anilines is 1. The van der Waals surface area contributed by atoms with Gasteiger partial charge in [-0.15, -0.1) is 0 Å². The van der Waals surface area contributed by atoms with Crippen molar-refractivity contribution in [3.05, 3.63) is 29.6 Å². The van der Waals surface area contributed by atoms with E-state index in [9.17, 15) is 23.5 Å². The van der Waals surface area contributed by atoms with E-state index >= 15 is 4.39 Å².